The largest absolute Gasteiger partial charge is 0.495 e. The van der Waals surface area contributed by atoms with Crippen molar-refractivity contribution in [3.05, 3.63) is 56.5 Å². The highest BCUT2D eigenvalue weighted by molar-refractivity contribution is 9.11. The van der Waals surface area contributed by atoms with Crippen LogP contribution >= 0.6 is 31.9 Å². The van der Waals surface area contributed by atoms with E-state index in [1.54, 1.807) is 19.2 Å². The van der Waals surface area contributed by atoms with E-state index in [-0.39, 0.29) is 4.90 Å². The number of rotatable bonds is 7. The van der Waals surface area contributed by atoms with Crippen LogP contribution in [0, 0.1) is 0 Å². The van der Waals surface area contributed by atoms with Crippen LogP contribution in [0.5, 0.6) is 5.75 Å². The number of ether oxygens (including phenoxy) is 1. The van der Waals surface area contributed by atoms with Crippen molar-refractivity contribution in [2.45, 2.75) is 17.9 Å². The van der Waals surface area contributed by atoms with Gasteiger partial charge in [-0.15, -0.1) is 0 Å². The van der Waals surface area contributed by atoms with Crippen LogP contribution < -0.4 is 15.2 Å². The number of methoxy groups -OCH3 is 1. The molecule has 0 atom stereocenters. The summed E-state index contributed by atoms with van der Waals surface area (Å²) < 4.78 is 29.7. The summed E-state index contributed by atoms with van der Waals surface area (Å²) in [5, 5.41) is 8.44. The lowest BCUT2D eigenvalue weighted by Crippen LogP contribution is -2.17. The molecule has 5 nitrogen and oxygen atoms in total. The Morgan fingerprint density at radius 1 is 1.17 bits per heavy atom. The monoisotopic (exact) mass is 476 g/mol. The van der Waals surface area contributed by atoms with Crippen LogP contribution in [0.2, 0.25) is 0 Å². The lowest BCUT2D eigenvalue weighted by molar-refractivity contribution is 0.405. The molecule has 2 aromatic carbocycles. The van der Waals surface area contributed by atoms with Gasteiger partial charge in [0.1, 0.15) is 5.75 Å². The highest BCUT2D eigenvalue weighted by atomic mass is 79.9. The number of benzene rings is 2. The fourth-order valence-corrected chi connectivity index (χ4v) is 4.27. The molecule has 0 aliphatic carbocycles. The average molecular weight is 478 g/mol. The Hall–Kier alpha value is -0.930. The minimum absolute atomic E-state index is 0.128. The van der Waals surface area contributed by atoms with Gasteiger partial charge in [-0.25, -0.2) is 13.6 Å². The topological polar surface area (TPSA) is 81.4 Å². The van der Waals surface area contributed by atoms with E-state index >= 15 is 0 Å². The van der Waals surface area contributed by atoms with Crippen molar-refractivity contribution in [1.82, 2.24) is 5.32 Å². The molecule has 2 rings (SSSR count). The van der Waals surface area contributed by atoms with Gasteiger partial charge in [-0.05, 0) is 58.7 Å². The van der Waals surface area contributed by atoms with Crippen LogP contribution in [0.3, 0.4) is 0 Å². The van der Waals surface area contributed by atoms with E-state index < -0.39 is 10.0 Å². The SMILES string of the molecule is COc1c(Br)cc(Br)cc1CNCCc1ccc(S(N)(=O)=O)cc1. The van der Waals surface area contributed by atoms with Gasteiger partial charge in [0, 0.05) is 16.6 Å². The molecule has 0 spiro atoms. The highest BCUT2D eigenvalue weighted by Crippen LogP contribution is 2.32. The first-order chi connectivity index (χ1) is 11.3. The Morgan fingerprint density at radius 3 is 2.42 bits per heavy atom. The third-order valence-electron chi connectivity index (χ3n) is 3.45. The summed E-state index contributed by atoms with van der Waals surface area (Å²) in [7, 11) is -1.99. The van der Waals surface area contributed by atoms with Crippen molar-refractivity contribution in [3.63, 3.8) is 0 Å². The Kier molecular flexibility index (Phi) is 6.82. The van der Waals surface area contributed by atoms with E-state index in [9.17, 15) is 8.42 Å². The number of sulfonamides is 1. The molecule has 0 aliphatic rings. The molecule has 0 amide bonds. The number of nitrogens with one attached hydrogen (secondary N) is 1. The number of hydrogen-bond donors (Lipinski definition) is 2. The van der Waals surface area contributed by atoms with Crippen LogP contribution in [0.15, 0.2) is 50.2 Å². The van der Waals surface area contributed by atoms with Gasteiger partial charge in [-0.1, -0.05) is 28.1 Å². The van der Waals surface area contributed by atoms with Crippen molar-refractivity contribution < 1.29 is 13.2 Å². The minimum Gasteiger partial charge on any atom is -0.495 e. The smallest absolute Gasteiger partial charge is 0.238 e. The Morgan fingerprint density at radius 2 is 1.83 bits per heavy atom. The van der Waals surface area contributed by atoms with E-state index in [0.717, 1.165) is 38.8 Å². The molecular formula is C16H18Br2N2O3S. The van der Waals surface area contributed by atoms with Gasteiger partial charge in [0.05, 0.1) is 16.5 Å². The fourth-order valence-electron chi connectivity index (χ4n) is 2.28. The second-order valence-corrected chi connectivity index (χ2v) is 8.53. The summed E-state index contributed by atoms with van der Waals surface area (Å²) in [5.74, 6) is 0.809. The first-order valence-electron chi connectivity index (χ1n) is 7.15. The molecule has 0 saturated heterocycles. The molecule has 0 aliphatic heterocycles. The van der Waals surface area contributed by atoms with Crippen LogP contribution in [-0.4, -0.2) is 22.1 Å². The van der Waals surface area contributed by atoms with Gasteiger partial charge in [-0.2, -0.15) is 0 Å². The number of primary sulfonamides is 1. The third kappa shape index (κ3) is 5.29. The van der Waals surface area contributed by atoms with E-state index in [2.05, 4.69) is 37.2 Å². The average Bonchev–Trinajstić information content (AvgIpc) is 2.51. The van der Waals surface area contributed by atoms with Crippen LogP contribution in [0.4, 0.5) is 0 Å². The highest BCUT2D eigenvalue weighted by Gasteiger charge is 2.09. The first-order valence-corrected chi connectivity index (χ1v) is 10.3. The quantitative estimate of drug-likeness (QED) is 0.600. The van der Waals surface area contributed by atoms with Crippen molar-refractivity contribution in [2.75, 3.05) is 13.7 Å². The zero-order chi connectivity index (χ0) is 17.7. The van der Waals surface area contributed by atoms with Crippen molar-refractivity contribution in [2.24, 2.45) is 5.14 Å². The van der Waals surface area contributed by atoms with Gasteiger partial charge in [-0.3, -0.25) is 0 Å². The molecule has 24 heavy (non-hydrogen) atoms. The Balaban J connectivity index is 1.92. The molecule has 0 unspecified atom stereocenters. The van der Waals surface area contributed by atoms with Crippen LogP contribution in [0.1, 0.15) is 11.1 Å². The molecule has 8 heteroatoms. The van der Waals surface area contributed by atoms with Crippen molar-refractivity contribution in [1.29, 1.82) is 0 Å². The molecule has 0 aromatic heterocycles. The second-order valence-electron chi connectivity index (χ2n) is 5.20. The van der Waals surface area contributed by atoms with Crippen molar-refractivity contribution in [3.8, 4) is 5.75 Å². The first kappa shape index (κ1) is 19.4. The second kappa shape index (κ2) is 8.44. The maximum absolute atomic E-state index is 11.2. The molecule has 2 aromatic rings. The maximum Gasteiger partial charge on any atom is 0.238 e. The van der Waals surface area contributed by atoms with Crippen molar-refractivity contribution >= 4 is 41.9 Å². The number of halogens is 2. The number of hydrogen-bond acceptors (Lipinski definition) is 4. The summed E-state index contributed by atoms with van der Waals surface area (Å²) in [4.78, 5) is 0.128. The lowest BCUT2D eigenvalue weighted by atomic mass is 10.1. The summed E-state index contributed by atoms with van der Waals surface area (Å²) in [6, 6.07) is 10.6. The zero-order valence-electron chi connectivity index (χ0n) is 13.1. The lowest BCUT2D eigenvalue weighted by Gasteiger charge is -2.12. The Labute approximate surface area is 158 Å². The standard InChI is InChI=1S/C16H18Br2N2O3S/c1-23-16-12(8-13(17)9-15(16)18)10-20-7-6-11-2-4-14(5-3-11)24(19,21)22/h2-5,8-9,20H,6-7,10H2,1H3,(H2,19,21,22). The zero-order valence-corrected chi connectivity index (χ0v) is 17.0. The summed E-state index contributed by atoms with van der Waals surface area (Å²) in [6.45, 7) is 1.42. The normalized spacial score (nSPS) is 11.5. The van der Waals surface area contributed by atoms with Crippen LogP contribution in [-0.2, 0) is 23.0 Å². The van der Waals surface area contributed by atoms with E-state index in [0.29, 0.717) is 6.54 Å². The molecule has 0 radical (unpaired) electrons. The molecule has 0 heterocycles. The summed E-state index contributed by atoms with van der Waals surface area (Å²) in [5.41, 5.74) is 2.08. The van der Waals surface area contributed by atoms with Gasteiger partial charge < -0.3 is 10.1 Å². The summed E-state index contributed by atoms with van der Waals surface area (Å²) >= 11 is 6.96. The molecule has 130 valence electrons. The Bertz CT molecular complexity index is 809. The van der Waals surface area contributed by atoms with Gasteiger partial charge >= 0.3 is 0 Å². The predicted octanol–water partition coefficient (Wildman–Crippen LogP) is 3.20. The predicted molar refractivity (Wildman–Crippen MR) is 102 cm³/mol. The summed E-state index contributed by atoms with van der Waals surface area (Å²) in [6.07, 6.45) is 0.780. The third-order valence-corrected chi connectivity index (χ3v) is 5.42. The maximum atomic E-state index is 11.2. The van der Waals surface area contributed by atoms with E-state index in [1.165, 1.54) is 12.1 Å². The van der Waals surface area contributed by atoms with Crippen LogP contribution in [0.25, 0.3) is 0 Å². The molecule has 0 bridgehead atoms. The molecule has 3 N–H and O–H groups in total. The van der Waals surface area contributed by atoms with Gasteiger partial charge in [0.25, 0.3) is 0 Å². The molecule has 0 saturated carbocycles. The van der Waals surface area contributed by atoms with Gasteiger partial charge in [0.2, 0.25) is 10.0 Å². The molecule has 0 fully saturated rings. The van der Waals surface area contributed by atoms with E-state index in [1.807, 2.05) is 12.1 Å². The molecular weight excluding hydrogens is 460 g/mol. The number of nitrogens with two attached hydrogens (primary N) is 1. The van der Waals surface area contributed by atoms with Gasteiger partial charge in [0.15, 0.2) is 0 Å². The fraction of sp³-hybridized carbons (Fsp3) is 0.250. The van der Waals surface area contributed by atoms with E-state index in [4.69, 9.17) is 9.88 Å². The minimum atomic E-state index is -3.64.